The minimum Gasteiger partial charge on any atom is -0.274 e. The number of rotatable bonds is 2. The van der Waals surface area contributed by atoms with Gasteiger partial charge in [-0.1, -0.05) is 24.6 Å². The third kappa shape index (κ3) is 1.86. The van der Waals surface area contributed by atoms with Gasteiger partial charge in [-0.2, -0.15) is 5.26 Å². The number of nitriles is 1. The standard InChI is InChI=1S/C18H19N3O2S/c1-24-18(11-19)15-14(13-9-5-6-10-20(13)18)16(22)21(17(15)23)12-7-3-2-4-8-12/h2-4,7-8,13-15H,5-6,9-10H2,1H3/t13-,14+,15-,18-/m1/s1. The Morgan fingerprint density at radius 2 is 1.96 bits per heavy atom. The third-order valence-corrected chi connectivity index (χ3v) is 6.85. The van der Waals surface area contributed by atoms with Crippen LogP contribution in [0.3, 0.4) is 0 Å². The number of hydrogen-bond acceptors (Lipinski definition) is 5. The molecule has 0 saturated carbocycles. The highest BCUT2D eigenvalue weighted by Gasteiger charge is 2.69. The van der Waals surface area contributed by atoms with Crippen molar-refractivity contribution in [2.75, 3.05) is 17.7 Å². The number of amides is 2. The molecule has 2 amide bonds. The summed E-state index contributed by atoms with van der Waals surface area (Å²) in [5, 5.41) is 9.97. The van der Waals surface area contributed by atoms with Crippen LogP contribution in [0.4, 0.5) is 5.69 Å². The van der Waals surface area contributed by atoms with E-state index in [0.717, 1.165) is 25.8 Å². The fraction of sp³-hybridized carbons (Fsp3) is 0.500. The summed E-state index contributed by atoms with van der Waals surface area (Å²) in [5.74, 6) is -1.33. The minimum atomic E-state index is -0.925. The van der Waals surface area contributed by atoms with Gasteiger partial charge in [-0.3, -0.25) is 14.5 Å². The summed E-state index contributed by atoms with van der Waals surface area (Å²) in [7, 11) is 0. The number of hydrogen-bond donors (Lipinski definition) is 0. The number of carbonyl (C=O) groups is 2. The lowest BCUT2D eigenvalue weighted by molar-refractivity contribution is -0.124. The van der Waals surface area contributed by atoms with Gasteiger partial charge in [0.15, 0.2) is 4.87 Å². The van der Waals surface area contributed by atoms with Crippen LogP contribution in [-0.4, -0.2) is 40.4 Å². The number of benzene rings is 1. The first-order valence-corrected chi connectivity index (χ1v) is 9.54. The van der Waals surface area contributed by atoms with Crippen LogP contribution in [0.15, 0.2) is 30.3 Å². The Bertz CT molecular complexity index is 732. The zero-order valence-corrected chi connectivity index (χ0v) is 14.3. The normalized spacial score (nSPS) is 35.7. The van der Waals surface area contributed by atoms with Gasteiger partial charge in [-0.15, -0.1) is 11.8 Å². The van der Waals surface area contributed by atoms with Crippen molar-refractivity contribution in [2.45, 2.75) is 30.2 Å². The second-order valence-corrected chi connectivity index (χ2v) is 7.65. The van der Waals surface area contributed by atoms with Gasteiger partial charge in [0.25, 0.3) is 0 Å². The number of fused-ring (bicyclic) bond motifs is 3. The summed E-state index contributed by atoms with van der Waals surface area (Å²) >= 11 is 1.41. The average molecular weight is 341 g/mol. The number of para-hydroxylation sites is 1. The van der Waals surface area contributed by atoms with E-state index in [0.29, 0.717) is 5.69 Å². The van der Waals surface area contributed by atoms with E-state index in [9.17, 15) is 14.9 Å². The number of nitrogens with zero attached hydrogens (tertiary/aromatic N) is 3. The van der Waals surface area contributed by atoms with E-state index in [1.807, 2.05) is 24.5 Å². The van der Waals surface area contributed by atoms with E-state index in [4.69, 9.17) is 0 Å². The summed E-state index contributed by atoms with van der Waals surface area (Å²) in [6.07, 6.45) is 4.82. The predicted molar refractivity (Wildman–Crippen MR) is 92.1 cm³/mol. The maximum atomic E-state index is 13.2. The molecule has 3 heterocycles. The lowest BCUT2D eigenvalue weighted by Crippen LogP contribution is -2.52. The quantitative estimate of drug-likeness (QED) is 0.772. The van der Waals surface area contributed by atoms with Crippen LogP contribution in [0.1, 0.15) is 19.3 Å². The molecular weight excluding hydrogens is 322 g/mol. The van der Waals surface area contributed by atoms with Crippen molar-refractivity contribution in [3.8, 4) is 6.07 Å². The number of carbonyl (C=O) groups excluding carboxylic acids is 2. The van der Waals surface area contributed by atoms with Crippen molar-refractivity contribution in [2.24, 2.45) is 11.8 Å². The molecule has 0 spiro atoms. The van der Waals surface area contributed by atoms with Crippen LogP contribution in [0, 0.1) is 23.2 Å². The van der Waals surface area contributed by atoms with E-state index in [2.05, 4.69) is 11.0 Å². The Hall–Kier alpha value is -1.84. The maximum absolute atomic E-state index is 13.2. The lowest BCUT2D eigenvalue weighted by atomic mass is 9.87. The highest BCUT2D eigenvalue weighted by atomic mass is 32.2. The smallest absolute Gasteiger partial charge is 0.241 e. The third-order valence-electron chi connectivity index (χ3n) is 5.65. The second kappa shape index (κ2) is 5.61. The molecule has 4 atom stereocenters. The molecule has 3 aliphatic rings. The largest absolute Gasteiger partial charge is 0.274 e. The highest BCUT2D eigenvalue weighted by molar-refractivity contribution is 8.00. The van der Waals surface area contributed by atoms with E-state index in [-0.39, 0.29) is 17.9 Å². The molecule has 6 heteroatoms. The van der Waals surface area contributed by atoms with Gasteiger partial charge in [0, 0.05) is 12.6 Å². The predicted octanol–water partition coefficient (Wildman–Crippen LogP) is 2.24. The summed E-state index contributed by atoms with van der Waals surface area (Å²) in [4.78, 5) is 28.8. The van der Waals surface area contributed by atoms with Crippen LogP contribution in [0.25, 0.3) is 0 Å². The molecule has 0 N–H and O–H groups in total. The van der Waals surface area contributed by atoms with Gasteiger partial charge in [-0.05, 0) is 31.2 Å². The Balaban J connectivity index is 1.82. The lowest BCUT2D eigenvalue weighted by Gasteiger charge is -2.40. The molecule has 1 aromatic rings. The minimum absolute atomic E-state index is 0.000937. The summed E-state index contributed by atoms with van der Waals surface area (Å²) in [6, 6.07) is 11.5. The van der Waals surface area contributed by atoms with E-state index < -0.39 is 16.7 Å². The molecule has 3 fully saturated rings. The van der Waals surface area contributed by atoms with Crippen molar-refractivity contribution in [1.29, 1.82) is 5.26 Å². The van der Waals surface area contributed by atoms with E-state index >= 15 is 0 Å². The first-order valence-electron chi connectivity index (χ1n) is 8.31. The van der Waals surface area contributed by atoms with Crippen molar-refractivity contribution in [3.05, 3.63) is 30.3 Å². The number of thioether (sulfide) groups is 1. The monoisotopic (exact) mass is 341 g/mol. The van der Waals surface area contributed by atoms with Gasteiger partial charge >= 0.3 is 0 Å². The van der Waals surface area contributed by atoms with Crippen molar-refractivity contribution in [1.82, 2.24) is 4.90 Å². The second-order valence-electron chi connectivity index (χ2n) is 6.62. The first-order chi connectivity index (χ1) is 11.7. The van der Waals surface area contributed by atoms with Gasteiger partial charge in [0.1, 0.15) is 0 Å². The van der Waals surface area contributed by atoms with Gasteiger partial charge in [0.2, 0.25) is 11.8 Å². The Morgan fingerprint density at radius 3 is 2.62 bits per heavy atom. The molecule has 0 aromatic heterocycles. The van der Waals surface area contributed by atoms with Crippen molar-refractivity contribution < 1.29 is 9.59 Å². The number of piperidine rings is 1. The summed E-state index contributed by atoms with van der Waals surface area (Å²) in [5.41, 5.74) is 0.609. The molecule has 0 radical (unpaired) electrons. The van der Waals surface area contributed by atoms with Gasteiger partial charge in [-0.25, -0.2) is 4.90 Å². The summed E-state index contributed by atoms with van der Waals surface area (Å²) in [6.45, 7) is 0.790. The molecule has 3 saturated heterocycles. The van der Waals surface area contributed by atoms with Crippen LogP contribution in [0.2, 0.25) is 0 Å². The van der Waals surface area contributed by atoms with Gasteiger partial charge < -0.3 is 0 Å². The summed E-state index contributed by atoms with van der Waals surface area (Å²) < 4.78 is 0. The first kappa shape index (κ1) is 15.7. The molecule has 0 bridgehead atoms. The Kier molecular flexibility index (Phi) is 3.66. The molecule has 4 rings (SSSR count). The van der Waals surface area contributed by atoms with Gasteiger partial charge in [0.05, 0.1) is 23.6 Å². The maximum Gasteiger partial charge on any atom is 0.241 e. The SMILES string of the molecule is CS[C@]1(C#N)[C@H]2C(=O)N(c3ccccc3)C(=O)[C@H]2[C@H]2CCCCN21. The van der Waals surface area contributed by atoms with Crippen LogP contribution in [-0.2, 0) is 9.59 Å². The molecule has 5 nitrogen and oxygen atoms in total. The molecule has 0 unspecified atom stereocenters. The fourth-order valence-electron chi connectivity index (χ4n) is 4.67. The number of anilines is 1. The molecule has 0 aliphatic carbocycles. The number of imide groups is 1. The van der Waals surface area contributed by atoms with Crippen LogP contribution < -0.4 is 4.90 Å². The Morgan fingerprint density at radius 1 is 1.21 bits per heavy atom. The molecular formula is C18H19N3O2S. The highest BCUT2D eigenvalue weighted by Crippen LogP contribution is 2.55. The fourth-order valence-corrected chi connectivity index (χ4v) is 5.72. The van der Waals surface area contributed by atoms with Crippen LogP contribution >= 0.6 is 11.8 Å². The topological polar surface area (TPSA) is 64.4 Å². The molecule has 1 aromatic carbocycles. The average Bonchev–Trinajstić information content (AvgIpc) is 3.07. The van der Waals surface area contributed by atoms with Crippen molar-refractivity contribution >= 4 is 29.3 Å². The molecule has 124 valence electrons. The molecule has 24 heavy (non-hydrogen) atoms. The molecule has 3 aliphatic heterocycles. The van der Waals surface area contributed by atoms with Crippen molar-refractivity contribution in [3.63, 3.8) is 0 Å². The zero-order valence-electron chi connectivity index (χ0n) is 13.5. The van der Waals surface area contributed by atoms with E-state index in [1.54, 1.807) is 12.1 Å². The Labute approximate surface area is 145 Å². The van der Waals surface area contributed by atoms with E-state index in [1.165, 1.54) is 16.7 Å². The zero-order chi connectivity index (χ0) is 16.9. The van der Waals surface area contributed by atoms with Crippen LogP contribution in [0.5, 0.6) is 0 Å².